The van der Waals surface area contributed by atoms with Crippen molar-refractivity contribution in [3.8, 4) is 22.9 Å². The van der Waals surface area contributed by atoms with Crippen LogP contribution in [0.2, 0.25) is 0 Å². The molecule has 3 heterocycles. The van der Waals surface area contributed by atoms with Crippen LogP contribution >= 0.6 is 0 Å². The fourth-order valence-electron chi connectivity index (χ4n) is 4.76. The van der Waals surface area contributed by atoms with Gasteiger partial charge in [-0.2, -0.15) is 9.97 Å². The molecule has 0 bridgehead atoms. The van der Waals surface area contributed by atoms with Crippen molar-refractivity contribution in [1.82, 2.24) is 19.9 Å². The molecule has 9 heteroatoms. The number of nitrogens with zero attached hydrogens (tertiary/aromatic N) is 5. The predicted octanol–water partition coefficient (Wildman–Crippen LogP) is 3.30. The van der Waals surface area contributed by atoms with E-state index in [0.717, 1.165) is 65.0 Å². The number of benzene rings is 1. The summed E-state index contributed by atoms with van der Waals surface area (Å²) in [5.74, 6) is 2.50. The highest BCUT2D eigenvalue weighted by Gasteiger charge is 2.32. The van der Waals surface area contributed by atoms with Crippen LogP contribution in [-0.2, 0) is 12.8 Å². The number of rotatable bonds is 6. The number of hydrogen-bond donors (Lipinski definition) is 2. The van der Waals surface area contributed by atoms with E-state index in [9.17, 15) is 4.39 Å². The minimum Gasteiger partial charge on any atom is -0.421 e. The van der Waals surface area contributed by atoms with Crippen molar-refractivity contribution >= 4 is 11.5 Å². The van der Waals surface area contributed by atoms with Gasteiger partial charge in [-0.15, -0.1) is 0 Å². The Balaban J connectivity index is 1.37. The SMILES string of the molecule is CNc1cc(F)cc2c1Cc1nc(Oc3cnc(CC4CC4)nc3)nc(N3CC[C@H](N)C3)c1-2. The fourth-order valence-corrected chi connectivity index (χ4v) is 4.76. The summed E-state index contributed by atoms with van der Waals surface area (Å²) < 4.78 is 20.4. The zero-order valence-corrected chi connectivity index (χ0v) is 18.5. The van der Waals surface area contributed by atoms with Gasteiger partial charge in [0.05, 0.1) is 18.1 Å². The average Bonchev–Trinajstić information content (AvgIpc) is 3.39. The summed E-state index contributed by atoms with van der Waals surface area (Å²) >= 11 is 0. The van der Waals surface area contributed by atoms with Gasteiger partial charge in [0.2, 0.25) is 0 Å². The van der Waals surface area contributed by atoms with Crippen LogP contribution in [0.25, 0.3) is 11.1 Å². The van der Waals surface area contributed by atoms with Gasteiger partial charge in [-0.05, 0) is 48.4 Å². The largest absolute Gasteiger partial charge is 0.421 e. The molecule has 3 aliphatic rings. The second-order valence-corrected chi connectivity index (χ2v) is 9.14. The van der Waals surface area contributed by atoms with Crippen LogP contribution < -0.4 is 20.7 Å². The number of hydrogen-bond acceptors (Lipinski definition) is 8. The fraction of sp³-hybridized carbons (Fsp3) is 0.417. The van der Waals surface area contributed by atoms with Crippen molar-refractivity contribution in [3.05, 3.63) is 47.4 Å². The minimum atomic E-state index is -0.293. The molecule has 3 aromatic rings. The number of nitrogens with one attached hydrogen (secondary N) is 1. The molecule has 33 heavy (non-hydrogen) atoms. The molecule has 1 aromatic carbocycles. The lowest BCUT2D eigenvalue weighted by molar-refractivity contribution is 0.435. The Morgan fingerprint density at radius 2 is 2.00 bits per heavy atom. The Labute approximate surface area is 191 Å². The Kier molecular flexibility index (Phi) is 4.86. The lowest BCUT2D eigenvalue weighted by Gasteiger charge is -2.21. The normalized spacial score (nSPS) is 18.9. The van der Waals surface area contributed by atoms with Gasteiger partial charge in [-0.25, -0.2) is 14.4 Å². The van der Waals surface area contributed by atoms with Gasteiger partial charge in [0.15, 0.2) is 5.75 Å². The van der Waals surface area contributed by atoms with E-state index in [-0.39, 0.29) is 17.9 Å². The molecule has 2 aromatic heterocycles. The van der Waals surface area contributed by atoms with Crippen molar-refractivity contribution in [2.75, 3.05) is 30.4 Å². The summed E-state index contributed by atoms with van der Waals surface area (Å²) in [5, 5.41) is 3.11. The molecule has 1 saturated heterocycles. The van der Waals surface area contributed by atoms with Gasteiger partial charge in [-0.1, -0.05) is 0 Å². The molecular formula is C24H26FN7O. The van der Waals surface area contributed by atoms with Crippen LogP contribution in [0, 0.1) is 11.7 Å². The van der Waals surface area contributed by atoms with Crippen LogP contribution in [0.3, 0.4) is 0 Å². The van der Waals surface area contributed by atoms with E-state index in [0.29, 0.717) is 18.7 Å². The molecular weight excluding hydrogens is 421 g/mol. The summed E-state index contributed by atoms with van der Waals surface area (Å²) in [7, 11) is 1.80. The minimum absolute atomic E-state index is 0.0775. The molecule has 0 radical (unpaired) electrons. The molecule has 1 saturated carbocycles. The first-order valence-corrected chi connectivity index (χ1v) is 11.5. The van der Waals surface area contributed by atoms with Crippen molar-refractivity contribution in [2.24, 2.45) is 11.7 Å². The Morgan fingerprint density at radius 1 is 1.18 bits per heavy atom. The van der Waals surface area contributed by atoms with Crippen LogP contribution in [0.15, 0.2) is 24.5 Å². The molecule has 0 unspecified atom stereocenters. The first kappa shape index (κ1) is 20.3. The number of aromatic nitrogens is 4. The maximum atomic E-state index is 14.4. The summed E-state index contributed by atoms with van der Waals surface area (Å²) in [6.45, 7) is 1.47. The highest BCUT2D eigenvalue weighted by molar-refractivity contribution is 5.88. The number of fused-ring (bicyclic) bond motifs is 3. The predicted molar refractivity (Wildman–Crippen MR) is 123 cm³/mol. The zero-order valence-electron chi connectivity index (χ0n) is 18.5. The third-order valence-corrected chi connectivity index (χ3v) is 6.63. The quantitative estimate of drug-likeness (QED) is 0.464. The van der Waals surface area contributed by atoms with Gasteiger partial charge in [0.1, 0.15) is 17.5 Å². The van der Waals surface area contributed by atoms with Crippen LogP contribution in [-0.4, -0.2) is 46.1 Å². The second kappa shape index (κ2) is 7.91. The molecule has 3 N–H and O–H groups in total. The van der Waals surface area contributed by atoms with E-state index in [1.165, 1.54) is 18.9 Å². The molecule has 170 valence electrons. The van der Waals surface area contributed by atoms with Gasteiger partial charge in [0.25, 0.3) is 0 Å². The van der Waals surface area contributed by atoms with E-state index in [2.05, 4.69) is 20.2 Å². The van der Waals surface area contributed by atoms with E-state index in [4.69, 9.17) is 20.4 Å². The number of ether oxygens (including phenoxy) is 1. The van der Waals surface area contributed by atoms with E-state index >= 15 is 0 Å². The average molecular weight is 448 g/mol. The van der Waals surface area contributed by atoms with Crippen molar-refractivity contribution in [1.29, 1.82) is 0 Å². The first-order valence-electron chi connectivity index (χ1n) is 11.5. The van der Waals surface area contributed by atoms with Gasteiger partial charge >= 0.3 is 6.01 Å². The van der Waals surface area contributed by atoms with Crippen LogP contribution in [0.4, 0.5) is 15.9 Å². The lowest BCUT2D eigenvalue weighted by Crippen LogP contribution is -2.27. The van der Waals surface area contributed by atoms with Gasteiger partial charge < -0.3 is 20.7 Å². The van der Waals surface area contributed by atoms with Crippen molar-refractivity contribution < 1.29 is 9.13 Å². The second-order valence-electron chi connectivity index (χ2n) is 9.14. The number of nitrogens with two attached hydrogens (primary N) is 1. The first-order chi connectivity index (χ1) is 16.1. The summed E-state index contributed by atoms with van der Waals surface area (Å²) in [6.07, 6.45) is 8.24. The zero-order chi connectivity index (χ0) is 22.5. The maximum Gasteiger partial charge on any atom is 0.324 e. The van der Waals surface area contributed by atoms with Crippen LogP contribution in [0.1, 0.15) is 36.3 Å². The standard InChI is InChI=1S/C24H26FN7O/c1-27-19-8-14(25)7-18-17(19)9-20-22(18)23(32-5-4-15(26)12-32)31-24(30-20)33-16-10-28-21(29-11-16)6-13-2-3-13/h7-8,10-11,13,15,27H,2-6,9,12,26H2,1H3/t15-/m0/s1. The van der Waals surface area contributed by atoms with Gasteiger partial charge in [0, 0.05) is 50.3 Å². The molecule has 6 rings (SSSR count). The lowest BCUT2D eigenvalue weighted by atomic mass is 10.0. The molecule has 1 atom stereocenters. The molecule has 0 spiro atoms. The Bertz CT molecular complexity index is 1210. The van der Waals surface area contributed by atoms with Crippen molar-refractivity contribution in [3.63, 3.8) is 0 Å². The topological polar surface area (TPSA) is 102 Å². The molecule has 1 aliphatic heterocycles. The van der Waals surface area contributed by atoms with Gasteiger partial charge in [-0.3, -0.25) is 0 Å². The highest BCUT2D eigenvalue weighted by Crippen LogP contribution is 2.45. The molecule has 2 aliphatic carbocycles. The van der Waals surface area contributed by atoms with E-state index in [1.54, 1.807) is 25.5 Å². The maximum absolute atomic E-state index is 14.4. The summed E-state index contributed by atoms with van der Waals surface area (Å²) in [5.41, 5.74) is 10.5. The van der Waals surface area contributed by atoms with E-state index < -0.39 is 0 Å². The monoisotopic (exact) mass is 447 g/mol. The molecule has 8 nitrogen and oxygen atoms in total. The highest BCUT2D eigenvalue weighted by atomic mass is 19.1. The van der Waals surface area contributed by atoms with E-state index in [1.807, 2.05) is 0 Å². The number of anilines is 2. The molecule has 2 fully saturated rings. The molecule has 0 amide bonds. The Morgan fingerprint density at radius 3 is 2.70 bits per heavy atom. The Hall–Kier alpha value is -3.33. The third-order valence-electron chi connectivity index (χ3n) is 6.63. The number of halogens is 1. The summed E-state index contributed by atoms with van der Waals surface area (Å²) in [6, 6.07) is 3.40. The smallest absolute Gasteiger partial charge is 0.324 e. The van der Waals surface area contributed by atoms with Crippen LogP contribution in [0.5, 0.6) is 11.8 Å². The third kappa shape index (κ3) is 3.86. The van der Waals surface area contributed by atoms with Crippen molar-refractivity contribution in [2.45, 2.75) is 38.1 Å². The summed E-state index contributed by atoms with van der Waals surface area (Å²) in [4.78, 5) is 20.5.